The number of amides is 4. The summed E-state index contributed by atoms with van der Waals surface area (Å²) in [5.41, 5.74) is 3.74. The topological polar surface area (TPSA) is 167 Å². The van der Waals surface area contributed by atoms with Gasteiger partial charge < -0.3 is 24.4 Å². The molecule has 0 saturated heterocycles. The maximum absolute atomic E-state index is 11.8. The molecule has 0 unspecified atom stereocenters. The van der Waals surface area contributed by atoms with Crippen molar-refractivity contribution in [3.05, 3.63) is 0 Å². The molecule has 0 atom stereocenters. The van der Waals surface area contributed by atoms with Gasteiger partial charge in [0.05, 0.1) is 38.5 Å². The molecule has 27 heavy (non-hydrogen) atoms. The quantitative estimate of drug-likeness (QED) is 0.347. The first-order chi connectivity index (χ1) is 12.5. The molecule has 0 spiro atoms. The van der Waals surface area contributed by atoms with Gasteiger partial charge in [0.25, 0.3) is 0 Å². The molecule has 4 amide bonds. The summed E-state index contributed by atoms with van der Waals surface area (Å²) in [4.78, 5) is 44.9. The SMILES string of the molecule is CC(C)OC(=O)N(CCOCCN(NC(=O)O)C(=O)OC(C)C)NC(=O)O. The van der Waals surface area contributed by atoms with Gasteiger partial charge in [-0.15, -0.1) is 0 Å². The molecular formula is C14H26N4O9. The van der Waals surface area contributed by atoms with Crippen LogP contribution in [0.5, 0.6) is 0 Å². The number of hydrogen-bond donors (Lipinski definition) is 4. The zero-order valence-corrected chi connectivity index (χ0v) is 15.6. The van der Waals surface area contributed by atoms with Gasteiger partial charge in [-0.2, -0.15) is 0 Å². The van der Waals surface area contributed by atoms with Gasteiger partial charge in [0.2, 0.25) is 0 Å². The smallest absolute Gasteiger partial charge is 0.429 e. The fraction of sp³-hybridized carbons (Fsp3) is 0.714. The Morgan fingerprint density at radius 1 is 0.778 bits per heavy atom. The lowest BCUT2D eigenvalue weighted by molar-refractivity contribution is 0.0269. The summed E-state index contributed by atoms with van der Waals surface area (Å²) in [6.45, 7) is 5.88. The molecule has 0 fully saturated rings. The standard InChI is InChI=1S/C14H26N4O9/c1-9(2)26-13(23)17(15-11(19)20)5-7-25-8-6-18(16-12(21)22)14(24)27-10(3)4/h9-10,15-16H,5-8H2,1-4H3,(H,19,20)(H,21,22). The molecule has 0 radical (unpaired) electrons. The number of hydrogen-bond acceptors (Lipinski definition) is 7. The average molecular weight is 394 g/mol. The first-order valence-electron chi connectivity index (χ1n) is 8.06. The van der Waals surface area contributed by atoms with Gasteiger partial charge in [-0.1, -0.05) is 0 Å². The molecule has 0 aliphatic carbocycles. The molecule has 0 rings (SSSR count). The van der Waals surface area contributed by atoms with Crippen molar-refractivity contribution >= 4 is 24.4 Å². The highest BCUT2D eigenvalue weighted by molar-refractivity contribution is 5.73. The minimum atomic E-state index is -1.45. The third-order valence-corrected chi connectivity index (χ3v) is 2.49. The van der Waals surface area contributed by atoms with Crippen LogP contribution in [0.4, 0.5) is 19.2 Å². The third kappa shape index (κ3) is 12.1. The summed E-state index contributed by atoms with van der Waals surface area (Å²) < 4.78 is 15.0. The Balaban J connectivity index is 4.45. The van der Waals surface area contributed by atoms with Gasteiger partial charge in [-0.3, -0.25) is 0 Å². The normalized spacial score (nSPS) is 10.3. The number of carbonyl (C=O) groups excluding carboxylic acids is 2. The van der Waals surface area contributed by atoms with Crippen LogP contribution in [0.15, 0.2) is 0 Å². The minimum absolute atomic E-state index is 0.104. The molecule has 0 aromatic carbocycles. The van der Waals surface area contributed by atoms with E-state index >= 15 is 0 Å². The summed E-state index contributed by atoms with van der Waals surface area (Å²) in [6, 6.07) is 0. The number of rotatable bonds is 8. The second kappa shape index (κ2) is 12.4. The van der Waals surface area contributed by atoms with E-state index in [-0.39, 0.29) is 26.3 Å². The summed E-state index contributed by atoms with van der Waals surface area (Å²) in [5, 5.41) is 18.9. The number of nitrogens with zero attached hydrogens (tertiary/aromatic N) is 2. The van der Waals surface area contributed by atoms with Crippen molar-refractivity contribution < 1.29 is 43.6 Å². The molecular weight excluding hydrogens is 368 g/mol. The first-order valence-corrected chi connectivity index (χ1v) is 8.06. The van der Waals surface area contributed by atoms with Crippen LogP contribution in [-0.2, 0) is 14.2 Å². The van der Waals surface area contributed by atoms with E-state index in [0.29, 0.717) is 10.0 Å². The lowest BCUT2D eigenvalue weighted by Gasteiger charge is -2.23. The van der Waals surface area contributed by atoms with E-state index in [4.69, 9.17) is 24.4 Å². The van der Waals surface area contributed by atoms with Crippen molar-refractivity contribution in [2.24, 2.45) is 0 Å². The van der Waals surface area contributed by atoms with Gasteiger partial charge in [-0.25, -0.2) is 40.0 Å². The second-order valence-corrected chi connectivity index (χ2v) is 5.61. The number of carboxylic acid groups (broad SMARTS) is 2. The Kier molecular flexibility index (Phi) is 11.0. The summed E-state index contributed by atoms with van der Waals surface area (Å²) in [7, 11) is 0. The molecule has 4 N–H and O–H groups in total. The van der Waals surface area contributed by atoms with Gasteiger partial charge in [0, 0.05) is 0 Å². The fourth-order valence-corrected chi connectivity index (χ4v) is 1.56. The van der Waals surface area contributed by atoms with Crippen molar-refractivity contribution in [1.82, 2.24) is 20.9 Å². The van der Waals surface area contributed by atoms with E-state index in [2.05, 4.69) is 0 Å². The van der Waals surface area contributed by atoms with E-state index in [1.54, 1.807) is 27.7 Å². The van der Waals surface area contributed by atoms with Crippen LogP contribution in [-0.4, -0.2) is 83.1 Å². The zero-order chi connectivity index (χ0) is 21.0. The molecule has 156 valence electrons. The van der Waals surface area contributed by atoms with Crippen molar-refractivity contribution in [1.29, 1.82) is 0 Å². The molecule has 0 bridgehead atoms. The highest BCUT2D eigenvalue weighted by Crippen LogP contribution is 1.98. The summed E-state index contributed by atoms with van der Waals surface area (Å²) in [5.74, 6) is 0. The lowest BCUT2D eigenvalue weighted by Crippen LogP contribution is -2.49. The Bertz CT molecular complexity index is 469. The van der Waals surface area contributed by atoms with E-state index in [1.165, 1.54) is 0 Å². The largest absolute Gasteiger partial charge is 0.464 e. The number of ether oxygens (including phenoxy) is 3. The van der Waals surface area contributed by atoms with Crippen LogP contribution in [0.25, 0.3) is 0 Å². The van der Waals surface area contributed by atoms with Gasteiger partial charge in [0.1, 0.15) is 0 Å². The van der Waals surface area contributed by atoms with E-state index in [9.17, 15) is 19.2 Å². The Morgan fingerprint density at radius 3 is 1.37 bits per heavy atom. The van der Waals surface area contributed by atoms with Crippen LogP contribution in [0.1, 0.15) is 27.7 Å². The Morgan fingerprint density at radius 2 is 1.11 bits per heavy atom. The maximum Gasteiger partial charge on any atom is 0.429 e. The number of hydrazine groups is 2. The predicted molar refractivity (Wildman–Crippen MR) is 89.8 cm³/mol. The first kappa shape index (κ1) is 24.0. The number of nitrogens with one attached hydrogen (secondary N) is 2. The Labute approximate surface area is 156 Å². The van der Waals surface area contributed by atoms with Crippen molar-refractivity contribution in [3.8, 4) is 0 Å². The van der Waals surface area contributed by atoms with Gasteiger partial charge in [0.15, 0.2) is 0 Å². The molecule has 0 aliphatic rings. The van der Waals surface area contributed by atoms with Crippen LogP contribution in [0.2, 0.25) is 0 Å². The minimum Gasteiger partial charge on any atom is -0.464 e. The van der Waals surface area contributed by atoms with Crippen LogP contribution in [0, 0.1) is 0 Å². The van der Waals surface area contributed by atoms with E-state index in [0.717, 1.165) is 0 Å². The fourth-order valence-electron chi connectivity index (χ4n) is 1.56. The maximum atomic E-state index is 11.8. The second-order valence-electron chi connectivity index (χ2n) is 5.61. The molecule has 13 heteroatoms. The average Bonchev–Trinajstić information content (AvgIpc) is 2.50. The van der Waals surface area contributed by atoms with Gasteiger partial charge >= 0.3 is 24.4 Å². The van der Waals surface area contributed by atoms with Gasteiger partial charge in [-0.05, 0) is 27.7 Å². The molecule has 0 aliphatic heterocycles. The van der Waals surface area contributed by atoms with Crippen molar-refractivity contribution in [3.63, 3.8) is 0 Å². The highest BCUT2D eigenvalue weighted by atomic mass is 16.6. The molecule has 0 aromatic rings. The molecule has 13 nitrogen and oxygen atoms in total. The van der Waals surface area contributed by atoms with Crippen molar-refractivity contribution in [2.45, 2.75) is 39.9 Å². The lowest BCUT2D eigenvalue weighted by atomic mass is 10.5. The summed E-state index contributed by atoms with van der Waals surface area (Å²) >= 11 is 0. The van der Waals surface area contributed by atoms with Crippen LogP contribution in [0.3, 0.4) is 0 Å². The van der Waals surface area contributed by atoms with E-state index in [1.807, 2.05) is 10.9 Å². The number of carbonyl (C=O) groups is 4. The summed E-state index contributed by atoms with van der Waals surface area (Å²) in [6.07, 6.45) is -5.59. The van der Waals surface area contributed by atoms with Crippen LogP contribution >= 0.6 is 0 Å². The molecule has 0 saturated carbocycles. The predicted octanol–water partition coefficient (Wildman–Crippen LogP) is 1.06. The van der Waals surface area contributed by atoms with E-state index < -0.39 is 36.6 Å². The third-order valence-electron chi connectivity index (χ3n) is 2.49. The monoisotopic (exact) mass is 394 g/mol. The zero-order valence-electron chi connectivity index (χ0n) is 15.6. The van der Waals surface area contributed by atoms with Crippen LogP contribution < -0.4 is 10.9 Å². The highest BCUT2D eigenvalue weighted by Gasteiger charge is 2.20. The molecule has 0 aromatic heterocycles. The Hall–Kier alpha value is -2.96. The molecule has 0 heterocycles. The van der Waals surface area contributed by atoms with Crippen molar-refractivity contribution in [2.75, 3.05) is 26.3 Å².